The van der Waals surface area contributed by atoms with Crippen LogP contribution in [0.1, 0.15) is 68.9 Å². The van der Waals surface area contributed by atoms with Gasteiger partial charge < -0.3 is 25.0 Å². The molecule has 208 valence electrons. The van der Waals surface area contributed by atoms with Crippen LogP contribution in [0.2, 0.25) is 0 Å². The number of nitrogens with zero attached hydrogens (tertiary/aromatic N) is 4. The normalized spacial score (nSPS) is 29.0. The van der Waals surface area contributed by atoms with E-state index in [9.17, 15) is 29.5 Å². The Hall–Kier alpha value is -3.65. The number of nitriles is 1. The maximum Gasteiger partial charge on any atom is 0.408 e. The number of rotatable bonds is 7. The van der Waals surface area contributed by atoms with Crippen LogP contribution in [0.5, 0.6) is 0 Å². The van der Waals surface area contributed by atoms with Gasteiger partial charge in [-0.25, -0.2) is 9.59 Å². The lowest BCUT2D eigenvalue weighted by atomic mass is 10.0. The van der Waals surface area contributed by atoms with Gasteiger partial charge in [-0.15, -0.1) is 0 Å². The van der Waals surface area contributed by atoms with Crippen molar-refractivity contribution in [3.05, 3.63) is 35.4 Å². The van der Waals surface area contributed by atoms with E-state index in [2.05, 4.69) is 11.4 Å². The third-order valence-corrected chi connectivity index (χ3v) is 8.29. The van der Waals surface area contributed by atoms with E-state index in [1.54, 1.807) is 37.8 Å². The summed E-state index contributed by atoms with van der Waals surface area (Å²) in [6.07, 6.45) is 1.42. The predicted octanol–water partition coefficient (Wildman–Crippen LogP) is 2.14. The second kappa shape index (κ2) is 9.83. The van der Waals surface area contributed by atoms with Gasteiger partial charge in [-0.2, -0.15) is 5.26 Å². The predicted molar refractivity (Wildman–Crippen MR) is 138 cm³/mol. The highest BCUT2D eigenvalue weighted by atomic mass is 16.6. The van der Waals surface area contributed by atoms with Gasteiger partial charge >= 0.3 is 12.1 Å². The second-order valence-electron chi connectivity index (χ2n) is 12.1. The number of amides is 3. The average molecular weight is 538 g/mol. The van der Waals surface area contributed by atoms with Gasteiger partial charge in [0.05, 0.1) is 23.7 Å². The lowest BCUT2D eigenvalue weighted by molar-refractivity contribution is -0.141. The fraction of sp³-hybridized carbons (Fsp3) is 0.607. The van der Waals surface area contributed by atoms with Gasteiger partial charge in [0, 0.05) is 25.2 Å². The van der Waals surface area contributed by atoms with E-state index in [0.29, 0.717) is 25.3 Å². The molecule has 3 aliphatic heterocycles. The Balaban J connectivity index is 1.30. The summed E-state index contributed by atoms with van der Waals surface area (Å²) >= 11 is 0. The number of nitrogens with one attached hydrogen (secondary N) is 1. The number of hydrogen-bond donors (Lipinski definition) is 2. The number of likely N-dealkylation sites (tertiary alicyclic amines) is 3. The number of carboxylic acid groups (broad SMARTS) is 1. The van der Waals surface area contributed by atoms with Crippen LogP contribution in [-0.4, -0.2) is 92.6 Å². The van der Waals surface area contributed by atoms with E-state index in [0.717, 1.165) is 12.0 Å². The molecule has 11 nitrogen and oxygen atoms in total. The number of carbonyl (C=O) groups excluding carboxylic acids is 3. The number of piperazine rings is 1. The molecule has 1 aromatic rings. The van der Waals surface area contributed by atoms with Crippen LogP contribution in [0.3, 0.4) is 0 Å². The third kappa shape index (κ3) is 5.17. The number of hydrogen-bond acceptors (Lipinski definition) is 7. The number of aromatic carboxylic acids is 1. The Morgan fingerprint density at radius 1 is 1.18 bits per heavy atom. The molecule has 2 bridgehead atoms. The van der Waals surface area contributed by atoms with Crippen LogP contribution in [0.4, 0.5) is 4.79 Å². The van der Waals surface area contributed by atoms with Gasteiger partial charge in [-0.3, -0.25) is 14.5 Å². The molecular formula is C28H35N5O6. The van der Waals surface area contributed by atoms with Gasteiger partial charge in [0.1, 0.15) is 17.7 Å². The summed E-state index contributed by atoms with van der Waals surface area (Å²) in [4.78, 5) is 56.5. The Labute approximate surface area is 227 Å². The van der Waals surface area contributed by atoms with Crippen LogP contribution >= 0.6 is 0 Å². The Kier molecular flexibility index (Phi) is 6.79. The monoisotopic (exact) mass is 537 g/mol. The lowest BCUT2D eigenvalue weighted by Gasteiger charge is -2.39. The Morgan fingerprint density at radius 2 is 1.87 bits per heavy atom. The van der Waals surface area contributed by atoms with Crippen molar-refractivity contribution in [3.63, 3.8) is 0 Å². The highest BCUT2D eigenvalue weighted by molar-refractivity contribution is 5.89. The molecule has 3 heterocycles. The molecule has 1 aromatic carbocycles. The average Bonchev–Trinajstić information content (AvgIpc) is 3.18. The first-order valence-corrected chi connectivity index (χ1v) is 13.5. The number of ether oxygens (including phenoxy) is 1. The second-order valence-corrected chi connectivity index (χ2v) is 12.1. The van der Waals surface area contributed by atoms with Crippen molar-refractivity contribution < 1.29 is 29.0 Å². The topological polar surface area (TPSA) is 143 Å². The number of benzene rings is 1. The molecule has 2 N–H and O–H groups in total. The molecule has 1 saturated carbocycles. The first-order chi connectivity index (χ1) is 18.4. The summed E-state index contributed by atoms with van der Waals surface area (Å²) < 4.78 is 5.42. The molecule has 0 unspecified atom stereocenters. The van der Waals surface area contributed by atoms with Crippen molar-refractivity contribution in [2.45, 2.75) is 88.8 Å². The van der Waals surface area contributed by atoms with E-state index < -0.39 is 35.8 Å². The van der Waals surface area contributed by atoms with Crippen molar-refractivity contribution in [1.29, 1.82) is 5.26 Å². The van der Waals surface area contributed by atoms with Crippen LogP contribution in [-0.2, 0) is 14.3 Å². The van der Waals surface area contributed by atoms with E-state index >= 15 is 0 Å². The molecule has 0 spiro atoms. The minimum absolute atomic E-state index is 0.0330. The van der Waals surface area contributed by atoms with E-state index in [-0.39, 0.29) is 42.0 Å². The lowest BCUT2D eigenvalue weighted by Crippen LogP contribution is -2.59. The van der Waals surface area contributed by atoms with Crippen molar-refractivity contribution in [2.75, 3.05) is 13.1 Å². The zero-order chi connectivity index (χ0) is 28.2. The number of carbonyl (C=O) groups is 4. The van der Waals surface area contributed by atoms with Gasteiger partial charge in [-0.05, 0) is 70.6 Å². The molecule has 0 aromatic heterocycles. The number of alkyl carbamates (subject to hydrolysis) is 1. The highest BCUT2D eigenvalue weighted by Crippen LogP contribution is 2.48. The van der Waals surface area contributed by atoms with Gasteiger partial charge in [0.2, 0.25) is 11.8 Å². The summed E-state index contributed by atoms with van der Waals surface area (Å²) in [6, 6.07) is 6.62. The van der Waals surface area contributed by atoms with Crippen LogP contribution in [0.25, 0.3) is 0 Å². The molecule has 39 heavy (non-hydrogen) atoms. The van der Waals surface area contributed by atoms with Crippen molar-refractivity contribution in [1.82, 2.24) is 20.0 Å². The number of carboxylic acids is 1. The number of piperidine rings is 1. The van der Waals surface area contributed by atoms with Crippen LogP contribution < -0.4 is 5.32 Å². The standard InChI is InChI=1S/C28H35N5O6/c1-15(16-5-7-17(8-6-16)26(36)37)32-20-11-23(25(32)35)31(13-20)14-21(30-27(38)39-28(2,3)4)24(34)33-19(12-29)9-18-10-22(18)33/h5-8,15,18-23H,9-11,13-14H2,1-4H3,(H,30,38)(H,36,37)/t15-,18-,19+,20+,21+,22+,23+/m1/s1. The fourth-order valence-electron chi connectivity index (χ4n) is 6.40. The highest BCUT2D eigenvalue weighted by Gasteiger charge is 2.56. The summed E-state index contributed by atoms with van der Waals surface area (Å²) in [7, 11) is 0. The molecule has 3 saturated heterocycles. The number of fused-ring (bicyclic) bond motifs is 3. The first-order valence-electron chi connectivity index (χ1n) is 13.5. The molecule has 5 rings (SSSR count). The van der Waals surface area contributed by atoms with E-state index in [4.69, 9.17) is 4.74 Å². The van der Waals surface area contributed by atoms with Crippen LogP contribution in [0, 0.1) is 17.2 Å². The Morgan fingerprint density at radius 3 is 2.46 bits per heavy atom. The molecular weight excluding hydrogens is 502 g/mol. The first kappa shape index (κ1) is 26.9. The minimum Gasteiger partial charge on any atom is -0.478 e. The van der Waals surface area contributed by atoms with Gasteiger partial charge in [0.15, 0.2) is 0 Å². The van der Waals surface area contributed by atoms with Gasteiger partial charge in [0.25, 0.3) is 0 Å². The molecule has 11 heteroatoms. The van der Waals surface area contributed by atoms with Gasteiger partial charge in [-0.1, -0.05) is 12.1 Å². The van der Waals surface area contributed by atoms with E-state index in [1.165, 1.54) is 12.1 Å². The quantitative estimate of drug-likeness (QED) is 0.539. The molecule has 3 amide bonds. The zero-order valence-corrected chi connectivity index (χ0v) is 22.7. The van der Waals surface area contributed by atoms with E-state index in [1.807, 2.05) is 16.7 Å². The third-order valence-electron chi connectivity index (χ3n) is 8.29. The summed E-state index contributed by atoms with van der Waals surface area (Å²) in [6.45, 7) is 7.85. The maximum absolute atomic E-state index is 13.7. The molecule has 4 fully saturated rings. The molecule has 4 aliphatic rings. The summed E-state index contributed by atoms with van der Waals surface area (Å²) in [5, 5.41) is 21.5. The van der Waals surface area contributed by atoms with Crippen molar-refractivity contribution >= 4 is 23.9 Å². The Bertz CT molecular complexity index is 1220. The van der Waals surface area contributed by atoms with Crippen molar-refractivity contribution in [2.24, 2.45) is 5.92 Å². The van der Waals surface area contributed by atoms with Crippen molar-refractivity contribution in [3.8, 4) is 6.07 Å². The van der Waals surface area contributed by atoms with Crippen LogP contribution in [0.15, 0.2) is 24.3 Å². The largest absolute Gasteiger partial charge is 0.478 e. The summed E-state index contributed by atoms with van der Waals surface area (Å²) in [5.74, 6) is -1.03. The maximum atomic E-state index is 13.7. The minimum atomic E-state index is -1.00. The smallest absolute Gasteiger partial charge is 0.408 e. The fourth-order valence-corrected chi connectivity index (χ4v) is 6.40. The molecule has 0 radical (unpaired) electrons. The molecule has 7 atom stereocenters. The zero-order valence-electron chi connectivity index (χ0n) is 22.7. The SMILES string of the molecule is C[C@H](c1ccc(C(=O)O)cc1)N1C(=O)[C@@H]2C[C@H]1CN2C[C@H](NC(=O)OC(C)(C)C)C(=O)N1[C@H](C#N)C[C@@H]2C[C@@H]21. The summed E-state index contributed by atoms with van der Waals surface area (Å²) in [5.41, 5.74) is 0.292. The molecule has 1 aliphatic carbocycles.